The second-order valence-corrected chi connectivity index (χ2v) is 6.87. The molecule has 3 rings (SSSR count). The Morgan fingerprint density at radius 3 is 2.82 bits per heavy atom. The molecule has 3 heterocycles. The lowest BCUT2D eigenvalue weighted by Gasteiger charge is -2.07. The highest BCUT2D eigenvalue weighted by Crippen LogP contribution is 2.22. The second-order valence-electron chi connectivity index (χ2n) is 6.00. The molecule has 0 aliphatic heterocycles. The van der Waals surface area contributed by atoms with E-state index in [0.717, 1.165) is 16.5 Å². The first-order valence-corrected chi connectivity index (χ1v) is 9.44. The molecule has 3 aromatic rings. The van der Waals surface area contributed by atoms with Crippen LogP contribution in [0.5, 0.6) is 0 Å². The Bertz CT molecular complexity index is 974. The van der Waals surface area contributed by atoms with Gasteiger partial charge in [-0.05, 0) is 32.0 Å². The van der Waals surface area contributed by atoms with Gasteiger partial charge in [-0.1, -0.05) is 0 Å². The molecule has 0 saturated heterocycles. The zero-order chi connectivity index (χ0) is 20.1. The number of nitrogens with zero attached hydrogens (tertiary/aromatic N) is 2. The van der Waals surface area contributed by atoms with Crippen molar-refractivity contribution in [2.24, 2.45) is 0 Å². The van der Waals surface area contributed by atoms with Gasteiger partial charge in [0.1, 0.15) is 0 Å². The molecular weight excluding hydrogens is 382 g/mol. The Balaban J connectivity index is 1.49. The van der Waals surface area contributed by atoms with Crippen LogP contribution in [0.25, 0.3) is 5.13 Å². The van der Waals surface area contributed by atoms with Gasteiger partial charge in [0.05, 0.1) is 12.7 Å². The quantitative estimate of drug-likeness (QED) is 0.460. The van der Waals surface area contributed by atoms with E-state index in [9.17, 15) is 14.4 Å². The molecule has 9 heteroatoms. The molecule has 8 nitrogen and oxygen atoms in total. The summed E-state index contributed by atoms with van der Waals surface area (Å²) in [6.07, 6.45) is 3.05. The van der Waals surface area contributed by atoms with Crippen molar-refractivity contribution in [3.8, 4) is 5.13 Å². The number of rotatable bonds is 8. The summed E-state index contributed by atoms with van der Waals surface area (Å²) in [5.74, 6) is -1.10. The van der Waals surface area contributed by atoms with E-state index in [1.165, 1.54) is 23.7 Å². The average molecular weight is 401 g/mol. The van der Waals surface area contributed by atoms with Crippen molar-refractivity contribution in [2.75, 3.05) is 13.2 Å². The number of Topliss-reactive ketones (excluding diaryl/α,β-unsaturated/α-hetero) is 1. The number of nitrogens with one attached hydrogen (secondary N) is 1. The summed E-state index contributed by atoms with van der Waals surface area (Å²) in [5, 5.41) is 5.18. The van der Waals surface area contributed by atoms with Crippen molar-refractivity contribution in [1.82, 2.24) is 14.9 Å². The van der Waals surface area contributed by atoms with Gasteiger partial charge in [-0.25, -0.2) is 4.98 Å². The SMILES string of the molecule is Cc1cc(C(=O)COC(=O)CCNC(=O)c2ccco2)c(C)n1-c1nccs1. The molecule has 0 saturated carbocycles. The summed E-state index contributed by atoms with van der Waals surface area (Å²) >= 11 is 1.47. The third-order valence-corrected chi connectivity index (χ3v) is 4.82. The van der Waals surface area contributed by atoms with Crippen molar-refractivity contribution in [3.05, 3.63) is 58.8 Å². The summed E-state index contributed by atoms with van der Waals surface area (Å²) in [6, 6.07) is 4.88. The number of aryl methyl sites for hydroxylation is 1. The molecule has 0 bridgehead atoms. The molecule has 28 heavy (non-hydrogen) atoms. The minimum absolute atomic E-state index is 0.0438. The van der Waals surface area contributed by atoms with E-state index in [0.29, 0.717) is 5.56 Å². The minimum Gasteiger partial charge on any atom is -0.459 e. The number of esters is 1. The number of hydrogen-bond donors (Lipinski definition) is 1. The highest BCUT2D eigenvalue weighted by Gasteiger charge is 2.19. The normalized spacial score (nSPS) is 10.6. The van der Waals surface area contributed by atoms with Gasteiger partial charge in [0, 0.05) is 35.1 Å². The average Bonchev–Trinajstić information content (AvgIpc) is 3.41. The molecular formula is C19H19N3O5S. The fourth-order valence-corrected chi connectivity index (χ4v) is 3.49. The Labute approximate surface area is 165 Å². The van der Waals surface area contributed by atoms with Gasteiger partial charge in [-0.2, -0.15) is 0 Å². The lowest BCUT2D eigenvalue weighted by atomic mass is 10.1. The van der Waals surface area contributed by atoms with Gasteiger partial charge in [0.2, 0.25) is 5.78 Å². The van der Waals surface area contributed by atoms with Gasteiger partial charge in [-0.15, -0.1) is 11.3 Å². The highest BCUT2D eigenvalue weighted by molar-refractivity contribution is 7.12. The van der Waals surface area contributed by atoms with E-state index >= 15 is 0 Å². The number of hydrogen-bond acceptors (Lipinski definition) is 7. The number of amides is 1. The molecule has 146 valence electrons. The van der Waals surface area contributed by atoms with E-state index in [-0.39, 0.29) is 31.1 Å². The van der Waals surface area contributed by atoms with Crippen LogP contribution in [0, 0.1) is 13.8 Å². The number of ketones is 1. The standard InChI is InChI=1S/C19H19N3O5S/c1-12-10-14(13(2)22(12)19-21-7-9-28-19)15(23)11-27-17(24)5-6-20-18(25)16-4-3-8-26-16/h3-4,7-10H,5-6,11H2,1-2H3,(H,20,25). The summed E-state index contributed by atoms with van der Waals surface area (Å²) in [4.78, 5) is 40.2. The van der Waals surface area contributed by atoms with E-state index in [1.54, 1.807) is 18.3 Å². The predicted octanol–water partition coefficient (Wildman–Crippen LogP) is 2.69. The smallest absolute Gasteiger partial charge is 0.308 e. The molecule has 0 aliphatic carbocycles. The van der Waals surface area contributed by atoms with Gasteiger partial charge in [0.25, 0.3) is 5.91 Å². The van der Waals surface area contributed by atoms with Crippen molar-refractivity contribution >= 4 is 29.0 Å². The van der Waals surface area contributed by atoms with Crippen LogP contribution in [0.1, 0.15) is 38.7 Å². The lowest BCUT2D eigenvalue weighted by molar-refractivity contribution is -0.142. The van der Waals surface area contributed by atoms with Gasteiger partial charge in [-0.3, -0.25) is 19.0 Å². The number of aromatic nitrogens is 2. The maximum absolute atomic E-state index is 12.5. The molecule has 0 spiro atoms. The molecule has 0 radical (unpaired) electrons. The number of carbonyl (C=O) groups excluding carboxylic acids is 3. The molecule has 0 aliphatic rings. The zero-order valence-corrected chi connectivity index (χ0v) is 16.2. The Morgan fingerprint density at radius 2 is 2.14 bits per heavy atom. The van der Waals surface area contributed by atoms with Gasteiger partial charge < -0.3 is 14.5 Å². The maximum Gasteiger partial charge on any atom is 0.308 e. The summed E-state index contributed by atoms with van der Waals surface area (Å²) in [6.45, 7) is 3.45. The number of ether oxygens (including phenoxy) is 1. The summed E-state index contributed by atoms with van der Waals surface area (Å²) in [5.41, 5.74) is 2.12. The molecule has 3 aromatic heterocycles. The summed E-state index contributed by atoms with van der Waals surface area (Å²) < 4.78 is 11.9. The van der Waals surface area contributed by atoms with Crippen LogP contribution in [0.3, 0.4) is 0 Å². The van der Waals surface area contributed by atoms with Crippen LogP contribution in [0.15, 0.2) is 40.5 Å². The maximum atomic E-state index is 12.5. The van der Waals surface area contributed by atoms with E-state index in [2.05, 4.69) is 10.3 Å². The first-order chi connectivity index (χ1) is 13.5. The largest absolute Gasteiger partial charge is 0.459 e. The fraction of sp³-hybridized carbons (Fsp3) is 0.263. The first kappa shape index (κ1) is 19.6. The van der Waals surface area contributed by atoms with E-state index in [1.807, 2.05) is 23.8 Å². The highest BCUT2D eigenvalue weighted by atomic mass is 32.1. The molecule has 1 amide bonds. The van der Waals surface area contributed by atoms with Crippen molar-refractivity contribution in [3.63, 3.8) is 0 Å². The topological polar surface area (TPSA) is 103 Å². The van der Waals surface area contributed by atoms with Crippen molar-refractivity contribution in [2.45, 2.75) is 20.3 Å². The minimum atomic E-state index is -0.568. The molecule has 0 aromatic carbocycles. The fourth-order valence-electron chi connectivity index (χ4n) is 2.73. The van der Waals surface area contributed by atoms with Crippen LogP contribution in [-0.4, -0.2) is 40.4 Å². The van der Waals surface area contributed by atoms with Crippen LogP contribution in [-0.2, 0) is 9.53 Å². The second kappa shape index (κ2) is 8.66. The van der Waals surface area contributed by atoms with Crippen LogP contribution < -0.4 is 5.32 Å². The van der Waals surface area contributed by atoms with Crippen LogP contribution >= 0.6 is 11.3 Å². The molecule has 0 unspecified atom stereocenters. The van der Waals surface area contributed by atoms with Gasteiger partial charge >= 0.3 is 5.97 Å². The van der Waals surface area contributed by atoms with Crippen molar-refractivity contribution < 1.29 is 23.5 Å². The summed E-state index contributed by atoms with van der Waals surface area (Å²) in [7, 11) is 0. The third-order valence-electron chi connectivity index (χ3n) is 4.07. The van der Waals surface area contributed by atoms with E-state index < -0.39 is 11.9 Å². The Kier molecular flexibility index (Phi) is 6.05. The Morgan fingerprint density at radius 1 is 1.32 bits per heavy atom. The van der Waals surface area contributed by atoms with Crippen molar-refractivity contribution in [1.29, 1.82) is 0 Å². The predicted molar refractivity (Wildman–Crippen MR) is 102 cm³/mol. The number of furan rings is 1. The lowest BCUT2D eigenvalue weighted by Crippen LogP contribution is -2.26. The molecule has 0 fully saturated rings. The van der Waals surface area contributed by atoms with E-state index in [4.69, 9.17) is 9.15 Å². The third kappa shape index (κ3) is 4.37. The number of carbonyl (C=O) groups is 3. The molecule has 0 atom stereocenters. The molecule has 1 N–H and O–H groups in total. The van der Waals surface area contributed by atoms with Gasteiger partial charge in [0.15, 0.2) is 17.5 Å². The Hall–Kier alpha value is -3.20. The first-order valence-electron chi connectivity index (χ1n) is 8.56. The zero-order valence-electron chi connectivity index (χ0n) is 15.4. The number of thiazole rings is 1. The van der Waals surface area contributed by atoms with Crippen LogP contribution in [0.4, 0.5) is 0 Å². The monoisotopic (exact) mass is 401 g/mol. The van der Waals surface area contributed by atoms with Crippen LogP contribution in [0.2, 0.25) is 0 Å².